The van der Waals surface area contributed by atoms with E-state index in [9.17, 15) is 4.79 Å². The van der Waals surface area contributed by atoms with Crippen molar-refractivity contribution in [2.75, 3.05) is 31.7 Å². The van der Waals surface area contributed by atoms with Crippen molar-refractivity contribution < 1.29 is 14.3 Å². The van der Waals surface area contributed by atoms with Gasteiger partial charge < -0.3 is 14.4 Å². The van der Waals surface area contributed by atoms with Crippen LogP contribution in [-0.4, -0.2) is 39.2 Å². The van der Waals surface area contributed by atoms with Gasteiger partial charge in [0, 0.05) is 18.7 Å². The first-order valence-corrected chi connectivity index (χ1v) is 6.28. The van der Waals surface area contributed by atoms with Crippen LogP contribution in [0.4, 0.5) is 5.69 Å². The molecule has 1 aromatic rings. The SMILES string of the molecule is CCC1CN(c2ccc(C=O)cc2OC)CCO1. The second-order valence-corrected chi connectivity index (χ2v) is 4.40. The lowest BCUT2D eigenvalue weighted by Crippen LogP contribution is -2.42. The van der Waals surface area contributed by atoms with Crippen LogP contribution in [0.1, 0.15) is 23.7 Å². The van der Waals surface area contributed by atoms with Gasteiger partial charge in [-0.25, -0.2) is 0 Å². The van der Waals surface area contributed by atoms with E-state index >= 15 is 0 Å². The summed E-state index contributed by atoms with van der Waals surface area (Å²) in [7, 11) is 1.63. The summed E-state index contributed by atoms with van der Waals surface area (Å²) in [5.41, 5.74) is 1.67. The fraction of sp³-hybridized carbons (Fsp3) is 0.500. The average Bonchev–Trinajstić information content (AvgIpc) is 2.46. The molecule has 0 aromatic heterocycles. The van der Waals surface area contributed by atoms with Gasteiger partial charge in [-0.15, -0.1) is 0 Å². The van der Waals surface area contributed by atoms with Crippen LogP contribution in [0.3, 0.4) is 0 Å². The number of methoxy groups -OCH3 is 1. The van der Waals surface area contributed by atoms with Crippen LogP contribution in [0.25, 0.3) is 0 Å². The van der Waals surface area contributed by atoms with Gasteiger partial charge in [-0.05, 0) is 24.6 Å². The third-order valence-corrected chi connectivity index (χ3v) is 3.27. The highest BCUT2D eigenvalue weighted by molar-refractivity contribution is 5.78. The number of anilines is 1. The summed E-state index contributed by atoms with van der Waals surface area (Å²) in [5, 5.41) is 0. The van der Waals surface area contributed by atoms with Gasteiger partial charge in [0.2, 0.25) is 0 Å². The number of rotatable bonds is 4. The standard InChI is InChI=1S/C14H19NO3/c1-3-12-9-15(6-7-18-12)13-5-4-11(10-16)8-14(13)17-2/h4-5,8,10,12H,3,6-7,9H2,1-2H3. The maximum Gasteiger partial charge on any atom is 0.150 e. The Morgan fingerprint density at radius 2 is 2.39 bits per heavy atom. The Bertz CT molecular complexity index is 420. The van der Waals surface area contributed by atoms with Crippen LogP contribution in [0.5, 0.6) is 5.75 Å². The highest BCUT2D eigenvalue weighted by Crippen LogP contribution is 2.30. The van der Waals surface area contributed by atoms with Crippen LogP contribution in [-0.2, 0) is 4.74 Å². The minimum Gasteiger partial charge on any atom is -0.495 e. The molecule has 4 nitrogen and oxygen atoms in total. The van der Waals surface area contributed by atoms with Crippen LogP contribution < -0.4 is 9.64 Å². The summed E-state index contributed by atoms with van der Waals surface area (Å²) in [4.78, 5) is 13.0. The molecule has 0 spiro atoms. The summed E-state index contributed by atoms with van der Waals surface area (Å²) in [6, 6.07) is 5.54. The predicted octanol–water partition coefficient (Wildman–Crippen LogP) is 2.12. The minimum atomic E-state index is 0.272. The normalized spacial score (nSPS) is 19.7. The fourth-order valence-electron chi connectivity index (χ4n) is 2.21. The largest absolute Gasteiger partial charge is 0.495 e. The maximum absolute atomic E-state index is 10.8. The Labute approximate surface area is 107 Å². The molecular weight excluding hydrogens is 230 g/mol. The number of nitrogens with zero attached hydrogens (tertiary/aromatic N) is 1. The number of hydrogen-bond acceptors (Lipinski definition) is 4. The van der Waals surface area contributed by atoms with Gasteiger partial charge >= 0.3 is 0 Å². The Morgan fingerprint density at radius 1 is 1.56 bits per heavy atom. The second-order valence-electron chi connectivity index (χ2n) is 4.40. The highest BCUT2D eigenvalue weighted by atomic mass is 16.5. The van der Waals surface area contributed by atoms with Gasteiger partial charge in [0.1, 0.15) is 12.0 Å². The fourth-order valence-corrected chi connectivity index (χ4v) is 2.21. The molecule has 1 unspecified atom stereocenters. The monoisotopic (exact) mass is 249 g/mol. The zero-order valence-corrected chi connectivity index (χ0v) is 10.9. The van der Waals surface area contributed by atoms with E-state index in [0.717, 1.165) is 43.8 Å². The third kappa shape index (κ3) is 2.64. The van der Waals surface area contributed by atoms with Crippen molar-refractivity contribution in [1.82, 2.24) is 0 Å². The third-order valence-electron chi connectivity index (χ3n) is 3.27. The number of carbonyl (C=O) groups excluding carboxylic acids is 1. The minimum absolute atomic E-state index is 0.272. The van der Waals surface area contributed by atoms with E-state index in [-0.39, 0.29) is 6.10 Å². The van der Waals surface area contributed by atoms with Crippen molar-refractivity contribution in [3.8, 4) is 5.75 Å². The Balaban J connectivity index is 2.23. The van der Waals surface area contributed by atoms with E-state index in [2.05, 4.69) is 11.8 Å². The van der Waals surface area contributed by atoms with Crippen LogP contribution in [0.2, 0.25) is 0 Å². The van der Waals surface area contributed by atoms with Crippen molar-refractivity contribution in [1.29, 1.82) is 0 Å². The summed E-state index contributed by atoms with van der Waals surface area (Å²) in [6.45, 7) is 4.58. The molecule has 0 radical (unpaired) electrons. The topological polar surface area (TPSA) is 38.8 Å². The summed E-state index contributed by atoms with van der Waals surface area (Å²) >= 11 is 0. The van der Waals surface area contributed by atoms with E-state index in [1.165, 1.54) is 0 Å². The molecule has 0 bridgehead atoms. The van der Waals surface area contributed by atoms with Crippen LogP contribution >= 0.6 is 0 Å². The molecule has 98 valence electrons. The quantitative estimate of drug-likeness (QED) is 0.766. The molecule has 1 fully saturated rings. The lowest BCUT2D eigenvalue weighted by atomic mass is 10.1. The predicted molar refractivity (Wildman–Crippen MR) is 70.6 cm³/mol. The number of benzene rings is 1. The molecule has 18 heavy (non-hydrogen) atoms. The molecule has 1 aliphatic rings. The number of morpholine rings is 1. The van der Waals surface area contributed by atoms with Gasteiger partial charge in [-0.2, -0.15) is 0 Å². The molecule has 1 aliphatic heterocycles. The zero-order valence-electron chi connectivity index (χ0n) is 10.9. The summed E-state index contributed by atoms with van der Waals surface area (Å²) < 4.78 is 11.0. The number of ether oxygens (including phenoxy) is 2. The first-order valence-electron chi connectivity index (χ1n) is 6.28. The van der Waals surface area contributed by atoms with E-state index < -0.39 is 0 Å². The van der Waals surface area contributed by atoms with E-state index in [4.69, 9.17) is 9.47 Å². The molecule has 1 saturated heterocycles. The average molecular weight is 249 g/mol. The lowest BCUT2D eigenvalue weighted by molar-refractivity contribution is 0.0383. The first kappa shape index (κ1) is 12.9. The Kier molecular flexibility index (Phi) is 4.20. The Hall–Kier alpha value is -1.55. The second kappa shape index (κ2) is 5.87. The molecule has 0 aliphatic carbocycles. The van der Waals surface area contributed by atoms with Crippen molar-refractivity contribution >= 4 is 12.0 Å². The smallest absolute Gasteiger partial charge is 0.150 e. The van der Waals surface area contributed by atoms with Crippen LogP contribution in [0, 0.1) is 0 Å². The molecule has 0 amide bonds. The van der Waals surface area contributed by atoms with Gasteiger partial charge in [-0.3, -0.25) is 4.79 Å². The molecule has 1 aromatic carbocycles. The molecule has 4 heteroatoms. The molecular formula is C14H19NO3. The molecule has 0 N–H and O–H groups in total. The molecule has 1 atom stereocenters. The Morgan fingerprint density at radius 3 is 3.06 bits per heavy atom. The van der Waals surface area contributed by atoms with E-state index in [1.807, 2.05) is 12.1 Å². The molecule has 0 saturated carbocycles. The van der Waals surface area contributed by atoms with E-state index in [1.54, 1.807) is 13.2 Å². The van der Waals surface area contributed by atoms with Gasteiger partial charge in [0.25, 0.3) is 0 Å². The number of carbonyl (C=O) groups is 1. The van der Waals surface area contributed by atoms with Crippen molar-refractivity contribution in [3.05, 3.63) is 23.8 Å². The number of hydrogen-bond donors (Lipinski definition) is 0. The van der Waals surface area contributed by atoms with Gasteiger partial charge in [0.05, 0.1) is 25.5 Å². The zero-order chi connectivity index (χ0) is 13.0. The van der Waals surface area contributed by atoms with Gasteiger partial charge in [-0.1, -0.05) is 6.92 Å². The first-order chi connectivity index (χ1) is 8.78. The van der Waals surface area contributed by atoms with Gasteiger partial charge in [0.15, 0.2) is 0 Å². The van der Waals surface area contributed by atoms with Crippen LogP contribution in [0.15, 0.2) is 18.2 Å². The highest BCUT2D eigenvalue weighted by Gasteiger charge is 2.21. The molecule has 2 rings (SSSR count). The van der Waals surface area contributed by atoms with Crippen molar-refractivity contribution in [2.45, 2.75) is 19.4 Å². The summed E-state index contributed by atoms with van der Waals surface area (Å²) in [6.07, 6.45) is 2.11. The molecule has 1 heterocycles. The van der Waals surface area contributed by atoms with E-state index in [0.29, 0.717) is 5.56 Å². The number of aldehydes is 1. The van der Waals surface area contributed by atoms with Crippen molar-refractivity contribution in [2.24, 2.45) is 0 Å². The summed E-state index contributed by atoms with van der Waals surface area (Å²) in [5.74, 6) is 0.747. The van der Waals surface area contributed by atoms with Crippen molar-refractivity contribution in [3.63, 3.8) is 0 Å². The maximum atomic E-state index is 10.8. The lowest BCUT2D eigenvalue weighted by Gasteiger charge is -2.34.